The molecule has 4 rings (SSSR count). The van der Waals surface area contributed by atoms with Crippen molar-refractivity contribution in [1.82, 2.24) is 14.9 Å². The molecule has 5 nitrogen and oxygen atoms in total. The zero-order valence-electron chi connectivity index (χ0n) is 13.6. The molecule has 2 aromatic rings. The van der Waals surface area contributed by atoms with Crippen molar-refractivity contribution in [2.24, 2.45) is 0 Å². The minimum Gasteiger partial charge on any atom is -0.466 e. The molecule has 1 aromatic carbocycles. The van der Waals surface area contributed by atoms with Gasteiger partial charge in [-0.15, -0.1) is 0 Å². The highest BCUT2D eigenvalue weighted by Crippen LogP contribution is 2.30. The normalized spacial score (nSPS) is 18.7. The number of aromatic amines is 1. The van der Waals surface area contributed by atoms with Crippen LogP contribution in [-0.2, 0) is 28.8 Å². The number of fused-ring (bicyclic) bond motifs is 2. The third-order valence-electron chi connectivity index (χ3n) is 4.87. The van der Waals surface area contributed by atoms with Gasteiger partial charge in [0, 0.05) is 19.1 Å². The topological polar surface area (TPSA) is 58.2 Å². The maximum Gasteiger partial charge on any atom is 0.313 e. The number of esters is 1. The summed E-state index contributed by atoms with van der Waals surface area (Å²) in [6.45, 7) is 4.54. The lowest BCUT2D eigenvalue weighted by Gasteiger charge is -2.18. The van der Waals surface area contributed by atoms with E-state index in [0.717, 1.165) is 43.0 Å². The van der Waals surface area contributed by atoms with Gasteiger partial charge in [0.15, 0.2) is 0 Å². The molecule has 122 valence electrons. The first-order valence-electron chi connectivity index (χ1n) is 8.63. The number of nitrogens with one attached hydrogen (secondary N) is 1. The average molecular weight is 313 g/mol. The lowest BCUT2D eigenvalue weighted by Crippen LogP contribution is -2.28. The van der Waals surface area contributed by atoms with Gasteiger partial charge < -0.3 is 9.72 Å². The highest BCUT2D eigenvalue weighted by molar-refractivity contribution is 5.79. The fourth-order valence-electron chi connectivity index (χ4n) is 3.54. The van der Waals surface area contributed by atoms with Crippen LogP contribution in [0.15, 0.2) is 12.1 Å². The number of carbonyl (C=O) groups excluding carboxylic acids is 1. The van der Waals surface area contributed by atoms with E-state index in [1.165, 1.54) is 24.0 Å². The summed E-state index contributed by atoms with van der Waals surface area (Å²) in [6, 6.07) is 5.26. The zero-order valence-corrected chi connectivity index (χ0v) is 13.6. The standard InChI is InChI=1S/C18H23N3O2/c1-2-23-18(22)11-17-19-15-9-12-5-7-21(14-3-4-14)8-6-13(12)10-16(15)20-17/h9-10,14H,2-8,11H2,1H3,(H,19,20). The lowest BCUT2D eigenvalue weighted by atomic mass is 10.0. The summed E-state index contributed by atoms with van der Waals surface area (Å²) in [5.74, 6) is 0.464. The van der Waals surface area contributed by atoms with Gasteiger partial charge in [-0.2, -0.15) is 0 Å². The number of carbonyl (C=O) groups is 1. The number of rotatable bonds is 4. The van der Waals surface area contributed by atoms with Gasteiger partial charge in [-0.05, 0) is 55.9 Å². The summed E-state index contributed by atoms with van der Waals surface area (Å²) in [5, 5.41) is 0. The SMILES string of the molecule is CCOC(=O)Cc1nc2cc3c(cc2[nH]1)CCN(C1CC1)CC3. The maximum absolute atomic E-state index is 11.6. The molecular formula is C18H23N3O2. The van der Waals surface area contributed by atoms with E-state index in [-0.39, 0.29) is 12.4 Å². The molecule has 1 fully saturated rings. The Morgan fingerprint density at radius 1 is 1.30 bits per heavy atom. The Morgan fingerprint density at radius 2 is 2.04 bits per heavy atom. The quantitative estimate of drug-likeness (QED) is 0.880. The molecule has 23 heavy (non-hydrogen) atoms. The van der Waals surface area contributed by atoms with Crippen LogP contribution in [0.1, 0.15) is 36.7 Å². The molecule has 1 aromatic heterocycles. The Labute approximate surface area is 136 Å². The number of benzene rings is 1. The molecule has 0 atom stereocenters. The van der Waals surface area contributed by atoms with Gasteiger partial charge >= 0.3 is 5.97 Å². The van der Waals surface area contributed by atoms with Crippen LogP contribution in [0, 0.1) is 0 Å². The first kappa shape index (κ1) is 14.7. The second-order valence-corrected chi connectivity index (χ2v) is 6.57. The Morgan fingerprint density at radius 3 is 2.74 bits per heavy atom. The summed E-state index contributed by atoms with van der Waals surface area (Å²) in [5.41, 5.74) is 4.83. The van der Waals surface area contributed by atoms with Gasteiger partial charge in [-0.3, -0.25) is 9.69 Å². The van der Waals surface area contributed by atoms with E-state index in [2.05, 4.69) is 27.0 Å². The van der Waals surface area contributed by atoms with Crippen LogP contribution in [0.2, 0.25) is 0 Å². The van der Waals surface area contributed by atoms with Gasteiger partial charge in [-0.25, -0.2) is 4.98 Å². The second-order valence-electron chi connectivity index (χ2n) is 6.57. The molecule has 0 radical (unpaired) electrons. The molecule has 1 saturated carbocycles. The predicted octanol–water partition coefficient (Wildman–Crippen LogP) is 2.23. The third kappa shape index (κ3) is 3.11. The van der Waals surface area contributed by atoms with E-state index in [4.69, 9.17) is 4.74 Å². The summed E-state index contributed by atoms with van der Waals surface area (Å²) in [7, 11) is 0. The van der Waals surface area contributed by atoms with Gasteiger partial charge in [0.25, 0.3) is 0 Å². The highest BCUT2D eigenvalue weighted by atomic mass is 16.5. The van der Waals surface area contributed by atoms with Crippen LogP contribution in [0.3, 0.4) is 0 Å². The Kier molecular flexibility index (Phi) is 3.81. The van der Waals surface area contributed by atoms with Crippen molar-refractivity contribution in [1.29, 1.82) is 0 Å². The molecule has 2 aliphatic rings. The molecule has 2 heterocycles. The van der Waals surface area contributed by atoms with Gasteiger partial charge in [0.2, 0.25) is 0 Å². The summed E-state index contributed by atoms with van der Waals surface area (Å²) in [6.07, 6.45) is 5.16. The fraction of sp³-hybridized carbons (Fsp3) is 0.556. The van der Waals surface area contributed by atoms with Crippen molar-refractivity contribution in [3.63, 3.8) is 0 Å². The molecule has 0 bridgehead atoms. The Balaban J connectivity index is 1.56. The molecule has 5 heteroatoms. The first-order valence-corrected chi connectivity index (χ1v) is 8.63. The fourth-order valence-corrected chi connectivity index (χ4v) is 3.54. The molecule has 1 aliphatic heterocycles. The molecule has 0 spiro atoms. The number of hydrogen-bond donors (Lipinski definition) is 1. The molecule has 1 aliphatic carbocycles. The molecule has 1 N–H and O–H groups in total. The zero-order chi connectivity index (χ0) is 15.8. The van der Waals surface area contributed by atoms with Crippen LogP contribution in [0.4, 0.5) is 0 Å². The molecule has 0 unspecified atom stereocenters. The first-order chi connectivity index (χ1) is 11.2. The lowest BCUT2D eigenvalue weighted by molar-refractivity contribution is -0.142. The number of hydrogen-bond acceptors (Lipinski definition) is 4. The van der Waals surface area contributed by atoms with Crippen LogP contribution in [0.5, 0.6) is 0 Å². The number of imidazole rings is 1. The van der Waals surface area contributed by atoms with E-state index in [1.807, 2.05) is 6.92 Å². The second kappa shape index (κ2) is 5.96. The van der Waals surface area contributed by atoms with Crippen LogP contribution >= 0.6 is 0 Å². The van der Waals surface area contributed by atoms with E-state index in [9.17, 15) is 4.79 Å². The summed E-state index contributed by atoms with van der Waals surface area (Å²) in [4.78, 5) is 22.1. The van der Waals surface area contributed by atoms with Crippen LogP contribution in [-0.4, -0.2) is 46.6 Å². The van der Waals surface area contributed by atoms with Crippen molar-refractivity contribution in [2.75, 3.05) is 19.7 Å². The summed E-state index contributed by atoms with van der Waals surface area (Å²) < 4.78 is 4.99. The van der Waals surface area contributed by atoms with E-state index >= 15 is 0 Å². The molecule has 0 saturated heterocycles. The molecular weight excluding hydrogens is 290 g/mol. The van der Waals surface area contributed by atoms with Crippen molar-refractivity contribution >= 4 is 17.0 Å². The monoisotopic (exact) mass is 313 g/mol. The highest BCUT2D eigenvalue weighted by Gasteiger charge is 2.29. The Bertz CT molecular complexity index is 688. The van der Waals surface area contributed by atoms with E-state index < -0.39 is 0 Å². The average Bonchev–Trinajstić information content (AvgIpc) is 3.29. The van der Waals surface area contributed by atoms with E-state index in [0.29, 0.717) is 12.4 Å². The minimum atomic E-state index is -0.229. The smallest absolute Gasteiger partial charge is 0.313 e. The minimum absolute atomic E-state index is 0.211. The van der Waals surface area contributed by atoms with Gasteiger partial charge in [0.1, 0.15) is 12.2 Å². The van der Waals surface area contributed by atoms with Crippen molar-refractivity contribution in [3.05, 3.63) is 29.1 Å². The van der Waals surface area contributed by atoms with Gasteiger partial charge in [0.05, 0.1) is 17.6 Å². The van der Waals surface area contributed by atoms with Crippen molar-refractivity contribution < 1.29 is 9.53 Å². The third-order valence-corrected chi connectivity index (χ3v) is 4.87. The number of ether oxygens (including phenoxy) is 1. The van der Waals surface area contributed by atoms with Gasteiger partial charge in [-0.1, -0.05) is 0 Å². The number of nitrogens with zero attached hydrogens (tertiary/aromatic N) is 2. The number of aromatic nitrogens is 2. The Hall–Kier alpha value is -1.88. The largest absolute Gasteiger partial charge is 0.466 e. The van der Waals surface area contributed by atoms with Crippen LogP contribution < -0.4 is 0 Å². The van der Waals surface area contributed by atoms with Crippen LogP contribution in [0.25, 0.3) is 11.0 Å². The van der Waals surface area contributed by atoms with E-state index in [1.54, 1.807) is 0 Å². The summed E-state index contributed by atoms with van der Waals surface area (Å²) >= 11 is 0. The number of H-pyrrole nitrogens is 1. The maximum atomic E-state index is 11.6. The van der Waals surface area contributed by atoms with Crippen molar-refractivity contribution in [3.8, 4) is 0 Å². The predicted molar refractivity (Wildman–Crippen MR) is 88.4 cm³/mol. The molecule has 0 amide bonds. The van der Waals surface area contributed by atoms with Crippen molar-refractivity contribution in [2.45, 2.75) is 45.1 Å².